The molecule has 3 nitrogen and oxygen atoms in total. The van der Waals surface area contributed by atoms with Crippen molar-refractivity contribution in [2.75, 3.05) is 12.8 Å². The highest BCUT2D eigenvalue weighted by Crippen LogP contribution is 2.14. The van der Waals surface area contributed by atoms with E-state index in [9.17, 15) is 9.59 Å². The maximum atomic E-state index is 11.4. The van der Waals surface area contributed by atoms with E-state index in [4.69, 9.17) is 0 Å². The number of benzene rings is 1. The summed E-state index contributed by atoms with van der Waals surface area (Å²) in [5, 5.41) is 2.82. The summed E-state index contributed by atoms with van der Waals surface area (Å²) < 4.78 is 0. The number of nitrogens with one attached hydrogen (secondary N) is 1. The van der Waals surface area contributed by atoms with Gasteiger partial charge in [0.25, 0.3) is 0 Å². The molecule has 0 aliphatic heterocycles. The van der Waals surface area contributed by atoms with Crippen LogP contribution in [0.15, 0.2) is 29.2 Å². The zero-order valence-electron chi connectivity index (χ0n) is 10.9. The van der Waals surface area contributed by atoms with Gasteiger partial charge >= 0.3 is 0 Å². The van der Waals surface area contributed by atoms with Gasteiger partial charge in [-0.05, 0) is 37.3 Å². The Morgan fingerprint density at radius 1 is 1.17 bits per heavy atom. The zero-order valence-corrected chi connectivity index (χ0v) is 11.7. The van der Waals surface area contributed by atoms with Crippen molar-refractivity contribution >= 4 is 23.5 Å². The maximum absolute atomic E-state index is 11.4. The Hall–Kier alpha value is -1.29. The molecule has 0 atom stereocenters. The second-order valence-corrected chi connectivity index (χ2v) is 5.03. The molecule has 1 aromatic carbocycles. The fraction of sp³-hybridized carbons (Fsp3) is 0.429. The molecule has 4 heteroatoms. The van der Waals surface area contributed by atoms with E-state index >= 15 is 0 Å². The van der Waals surface area contributed by atoms with Crippen LogP contribution in [-0.4, -0.2) is 24.5 Å². The van der Waals surface area contributed by atoms with Gasteiger partial charge in [-0.25, -0.2) is 0 Å². The number of Topliss-reactive ketones (excluding diaryl/α,β-unsaturated/α-hetero) is 1. The SMILES string of the molecule is CSc1ccc(CCNC(=O)CCC(C)=O)cc1. The minimum Gasteiger partial charge on any atom is -0.356 e. The normalized spacial score (nSPS) is 10.1. The molecule has 1 N–H and O–H groups in total. The molecule has 0 fully saturated rings. The van der Waals surface area contributed by atoms with Gasteiger partial charge in [-0.3, -0.25) is 4.79 Å². The van der Waals surface area contributed by atoms with Gasteiger partial charge < -0.3 is 10.1 Å². The van der Waals surface area contributed by atoms with Crippen molar-refractivity contribution in [2.24, 2.45) is 0 Å². The Morgan fingerprint density at radius 2 is 1.83 bits per heavy atom. The average Bonchev–Trinajstić information content (AvgIpc) is 2.37. The van der Waals surface area contributed by atoms with Crippen LogP contribution in [0.4, 0.5) is 0 Å². The standard InChI is InChI=1S/C14H19NO2S/c1-11(16)3-8-14(17)15-10-9-12-4-6-13(18-2)7-5-12/h4-7H,3,8-10H2,1-2H3,(H,15,17). The molecule has 0 aliphatic carbocycles. The van der Waals surface area contributed by atoms with E-state index in [-0.39, 0.29) is 11.7 Å². The Balaban J connectivity index is 2.24. The van der Waals surface area contributed by atoms with E-state index in [0.29, 0.717) is 19.4 Å². The van der Waals surface area contributed by atoms with Crippen molar-refractivity contribution in [3.63, 3.8) is 0 Å². The fourth-order valence-corrected chi connectivity index (χ4v) is 1.92. The topological polar surface area (TPSA) is 46.2 Å². The van der Waals surface area contributed by atoms with Gasteiger partial charge in [0, 0.05) is 24.3 Å². The Kier molecular flexibility index (Phi) is 6.50. The summed E-state index contributed by atoms with van der Waals surface area (Å²) >= 11 is 1.71. The Bertz CT molecular complexity index is 401. The number of carbonyl (C=O) groups is 2. The van der Waals surface area contributed by atoms with Crippen LogP contribution in [0.25, 0.3) is 0 Å². The minimum absolute atomic E-state index is 0.0501. The molecule has 0 radical (unpaired) electrons. The molecule has 0 saturated heterocycles. The van der Waals surface area contributed by atoms with E-state index in [2.05, 4.69) is 29.6 Å². The van der Waals surface area contributed by atoms with E-state index in [1.54, 1.807) is 11.8 Å². The van der Waals surface area contributed by atoms with Crippen LogP contribution in [0, 0.1) is 0 Å². The number of hydrogen-bond acceptors (Lipinski definition) is 3. The first kappa shape index (κ1) is 14.8. The second kappa shape index (κ2) is 7.93. The number of ketones is 1. The third-order valence-corrected chi connectivity index (χ3v) is 3.34. The van der Waals surface area contributed by atoms with Crippen molar-refractivity contribution in [1.29, 1.82) is 0 Å². The lowest BCUT2D eigenvalue weighted by Gasteiger charge is -2.05. The van der Waals surface area contributed by atoms with Gasteiger partial charge in [0.2, 0.25) is 5.91 Å². The highest BCUT2D eigenvalue weighted by Gasteiger charge is 2.02. The molecule has 0 spiro atoms. The molecule has 1 aromatic rings. The number of rotatable bonds is 7. The third kappa shape index (κ3) is 5.87. The molecule has 0 bridgehead atoms. The molecule has 1 rings (SSSR count). The maximum Gasteiger partial charge on any atom is 0.220 e. The predicted octanol–water partition coefficient (Wildman–Crippen LogP) is 2.44. The quantitative estimate of drug-likeness (QED) is 0.770. The Labute approximate surface area is 112 Å². The van der Waals surface area contributed by atoms with E-state index in [1.165, 1.54) is 17.4 Å². The second-order valence-electron chi connectivity index (χ2n) is 4.15. The van der Waals surface area contributed by atoms with Crippen molar-refractivity contribution in [3.05, 3.63) is 29.8 Å². The zero-order chi connectivity index (χ0) is 13.4. The highest BCUT2D eigenvalue weighted by molar-refractivity contribution is 7.98. The minimum atomic E-state index is -0.0501. The summed E-state index contributed by atoms with van der Waals surface area (Å²) in [5.41, 5.74) is 1.21. The van der Waals surface area contributed by atoms with E-state index in [0.717, 1.165) is 6.42 Å². The predicted molar refractivity (Wildman–Crippen MR) is 74.9 cm³/mol. The summed E-state index contributed by atoms with van der Waals surface area (Å²) in [6.07, 6.45) is 3.49. The van der Waals surface area contributed by atoms with E-state index in [1.807, 2.05) is 6.26 Å². The van der Waals surface area contributed by atoms with Crippen molar-refractivity contribution in [1.82, 2.24) is 5.32 Å². The first-order valence-corrected chi connectivity index (χ1v) is 7.23. The molecule has 0 saturated carbocycles. The third-order valence-electron chi connectivity index (χ3n) is 2.60. The van der Waals surface area contributed by atoms with Crippen molar-refractivity contribution in [3.8, 4) is 0 Å². The van der Waals surface area contributed by atoms with Crippen LogP contribution >= 0.6 is 11.8 Å². The van der Waals surface area contributed by atoms with Crippen LogP contribution in [0.2, 0.25) is 0 Å². The largest absolute Gasteiger partial charge is 0.356 e. The number of thioether (sulfide) groups is 1. The molecular formula is C14H19NO2S. The molecule has 0 heterocycles. The van der Waals surface area contributed by atoms with E-state index < -0.39 is 0 Å². The fourth-order valence-electron chi connectivity index (χ4n) is 1.52. The number of amides is 1. The molecule has 18 heavy (non-hydrogen) atoms. The van der Waals surface area contributed by atoms with Gasteiger partial charge in [0.1, 0.15) is 5.78 Å². The summed E-state index contributed by atoms with van der Waals surface area (Å²) in [4.78, 5) is 23.3. The van der Waals surface area contributed by atoms with Crippen LogP contribution < -0.4 is 5.32 Å². The monoisotopic (exact) mass is 265 g/mol. The average molecular weight is 265 g/mol. The van der Waals surface area contributed by atoms with Gasteiger partial charge in [0.15, 0.2) is 0 Å². The molecule has 0 unspecified atom stereocenters. The molecule has 0 aromatic heterocycles. The smallest absolute Gasteiger partial charge is 0.220 e. The van der Waals surface area contributed by atoms with Gasteiger partial charge in [0.05, 0.1) is 0 Å². The lowest BCUT2D eigenvalue weighted by Crippen LogP contribution is -2.25. The summed E-state index contributed by atoms with van der Waals surface area (Å²) in [6, 6.07) is 8.32. The number of hydrogen-bond donors (Lipinski definition) is 1. The van der Waals surface area contributed by atoms with Gasteiger partial charge in [-0.15, -0.1) is 11.8 Å². The van der Waals surface area contributed by atoms with Crippen molar-refractivity contribution < 1.29 is 9.59 Å². The number of carbonyl (C=O) groups excluding carboxylic acids is 2. The van der Waals surface area contributed by atoms with Crippen LogP contribution in [0.3, 0.4) is 0 Å². The van der Waals surface area contributed by atoms with Crippen LogP contribution in [0.1, 0.15) is 25.3 Å². The first-order valence-electron chi connectivity index (χ1n) is 6.01. The van der Waals surface area contributed by atoms with Gasteiger partial charge in [-0.2, -0.15) is 0 Å². The van der Waals surface area contributed by atoms with Crippen LogP contribution in [0.5, 0.6) is 0 Å². The lowest BCUT2D eigenvalue weighted by atomic mass is 10.1. The van der Waals surface area contributed by atoms with Crippen LogP contribution in [-0.2, 0) is 16.0 Å². The van der Waals surface area contributed by atoms with Gasteiger partial charge in [-0.1, -0.05) is 12.1 Å². The first-order chi connectivity index (χ1) is 8.61. The molecule has 1 amide bonds. The summed E-state index contributed by atoms with van der Waals surface area (Å²) in [6.45, 7) is 2.12. The molecular weight excluding hydrogens is 246 g/mol. The summed E-state index contributed by atoms with van der Waals surface area (Å²) in [5.74, 6) is 0.00346. The highest BCUT2D eigenvalue weighted by atomic mass is 32.2. The van der Waals surface area contributed by atoms with Crippen molar-refractivity contribution in [2.45, 2.75) is 31.1 Å². The Morgan fingerprint density at radius 3 is 2.39 bits per heavy atom. The molecule has 98 valence electrons. The lowest BCUT2D eigenvalue weighted by molar-refractivity contribution is -0.124. The summed E-state index contributed by atoms with van der Waals surface area (Å²) in [7, 11) is 0. The molecule has 0 aliphatic rings.